The summed E-state index contributed by atoms with van der Waals surface area (Å²) < 4.78 is 13.9. The zero-order chi connectivity index (χ0) is 19.0. The van der Waals surface area contributed by atoms with Crippen LogP contribution in [0.3, 0.4) is 0 Å². The SMILES string of the molecule is N#Cc1cc([C@@H]2Nc3cc4c(cc3[C@H]3C5CCC(C5)[C@@H]23)C(=O)NC4)ccc1F. The van der Waals surface area contributed by atoms with Crippen molar-refractivity contribution in [2.45, 2.75) is 37.8 Å². The maximum absolute atomic E-state index is 13.9. The summed E-state index contributed by atoms with van der Waals surface area (Å²) in [7, 11) is 0. The zero-order valence-electron chi connectivity index (χ0n) is 15.3. The van der Waals surface area contributed by atoms with Gasteiger partial charge in [0.15, 0.2) is 0 Å². The first kappa shape index (κ1) is 16.1. The van der Waals surface area contributed by atoms with Gasteiger partial charge in [-0.05, 0) is 83.9 Å². The van der Waals surface area contributed by atoms with E-state index in [-0.39, 0.29) is 17.5 Å². The Balaban J connectivity index is 1.50. The molecule has 2 fully saturated rings. The number of nitrogens with one attached hydrogen (secondary N) is 2. The van der Waals surface area contributed by atoms with Gasteiger partial charge in [0.2, 0.25) is 0 Å². The van der Waals surface area contributed by atoms with E-state index in [0.717, 1.165) is 22.4 Å². The van der Waals surface area contributed by atoms with Gasteiger partial charge in [-0.2, -0.15) is 5.26 Å². The predicted molar refractivity (Wildman–Crippen MR) is 102 cm³/mol. The number of anilines is 1. The van der Waals surface area contributed by atoms with Crippen molar-refractivity contribution >= 4 is 11.6 Å². The largest absolute Gasteiger partial charge is 0.378 e. The summed E-state index contributed by atoms with van der Waals surface area (Å²) in [6.07, 6.45) is 3.70. The standard InChI is InChI=1S/C23H20FN3O/c24-18-4-3-13(6-14(18)9-25)22-21-12-2-1-11(5-12)20(21)17-8-16-15(7-19(17)27-22)10-26-23(16)28/h3-4,6-8,11-12,20-22,27H,1-2,5,10H2,(H,26,28)/t11?,12?,20-,21-,22+/m1/s1. The topological polar surface area (TPSA) is 64.9 Å². The Hall–Kier alpha value is -2.87. The summed E-state index contributed by atoms with van der Waals surface area (Å²) in [6, 6.07) is 11.2. The van der Waals surface area contributed by atoms with Crippen molar-refractivity contribution in [3.63, 3.8) is 0 Å². The Morgan fingerprint density at radius 2 is 2.00 bits per heavy atom. The molecule has 2 N–H and O–H groups in total. The second kappa shape index (κ2) is 5.57. The molecule has 2 aromatic carbocycles. The molecule has 0 saturated heterocycles. The molecule has 5 heteroatoms. The number of hydrogen-bond acceptors (Lipinski definition) is 3. The van der Waals surface area contributed by atoms with Crippen LogP contribution in [0.5, 0.6) is 0 Å². The molecule has 2 aliphatic heterocycles. The summed E-state index contributed by atoms with van der Waals surface area (Å²) in [6.45, 7) is 0.572. The molecule has 0 aromatic heterocycles. The van der Waals surface area contributed by atoms with Gasteiger partial charge in [0.1, 0.15) is 11.9 Å². The van der Waals surface area contributed by atoms with Crippen molar-refractivity contribution in [1.29, 1.82) is 5.26 Å². The fourth-order valence-electron chi connectivity index (χ4n) is 6.36. The minimum Gasteiger partial charge on any atom is -0.378 e. The molecule has 2 aromatic rings. The van der Waals surface area contributed by atoms with Crippen molar-refractivity contribution in [2.24, 2.45) is 17.8 Å². The number of fused-ring (bicyclic) bond motifs is 8. The number of benzene rings is 2. The molecule has 1 amide bonds. The van der Waals surface area contributed by atoms with E-state index in [4.69, 9.17) is 0 Å². The van der Waals surface area contributed by atoms with Gasteiger partial charge in [-0.25, -0.2) is 4.39 Å². The Kier molecular flexibility index (Phi) is 3.21. The molecule has 2 saturated carbocycles. The molecule has 4 nitrogen and oxygen atoms in total. The van der Waals surface area contributed by atoms with E-state index >= 15 is 0 Å². The molecule has 140 valence electrons. The summed E-state index contributed by atoms with van der Waals surface area (Å²) in [4.78, 5) is 12.2. The van der Waals surface area contributed by atoms with E-state index in [1.165, 1.54) is 30.9 Å². The van der Waals surface area contributed by atoms with Crippen LogP contribution in [0.4, 0.5) is 10.1 Å². The first-order chi connectivity index (χ1) is 13.6. The lowest BCUT2D eigenvalue weighted by Crippen LogP contribution is -2.35. The molecule has 5 atom stereocenters. The molecule has 4 aliphatic rings. The highest BCUT2D eigenvalue weighted by atomic mass is 19.1. The van der Waals surface area contributed by atoms with E-state index in [2.05, 4.69) is 22.8 Å². The van der Waals surface area contributed by atoms with E-state index < -0.39 is 5.82 Å². The van der Waals surface area contributed by atoms with Gasteiger partial charge in [-0.3, -0.25) is 4.79 Å². The minimum absolute atomic E-state index is 0.0248. The second-order valence-electron chi connectivity index (χ2n) is 8.69. The fourth-order valence-corrected chi connectivity index (χ4v) is 6.36. The van der Waals surface area contributed by atoms with E-state index in [0.29, 0.717) is 30.2 Å². The van der Waals surface area contributed by atoms with Gasteiger partial charge >= 0.3 is 0 Å². The molecule has 2 aliphatic carbocycles. The van der Waals surface area contributed by atoms with Crippen molar-refractivity contribution < 1.29 is 9.18 Å². The highest BCUT2D eigenvalue weighted by Crippen LogP contribution is 2.64. The van der Waals surface area contributed by atoms with Crippen LogP contribution in [-0.4, -0.2) is 5.91 Å². The Bertz CT molecular complexity index is 1070. The van der Waals surface area contributed by atoms with Crippen molar-refractivity contribution in [3.05, 3.63) is 64.0 Å². The zero-order valence-corrected chi connectivity index (χ0v) is 15.3. The fraction of sp³-hybridized carbons (Fsp3) is 0.391. The number of halogens is 1. The molecule has 2 heterocycles. The maximum Gasteiger partial charge on any atom is 0.251 e. The smallest absolute Gasteiger partial charge is 0.251 e. The van der Waals surface area contributed by atoms with E-state index in [1.807, 2.05) is 12.1 Å². The normalized spacial score (nSPS) is 31.4. The van der Waals surface area contributed by atoms with Crippen molar-refractivity contribution in [2.75, 3.05) is 5.32 Å². The molecule has 6 rings (SSSR count). The van der Waals surface area contributed by atoms with Crippen LogP contribution in [0.15, 0.2) is 30.3 Å². The molecule has 28 heavy (non-hydrogen) atoms. The van der Waals surface area contributed by atoms with E-state index in [9.17, 15) is 14.4 Å². The minimum atomic E-state index is -0.464. The molecular formula is C23H20FN3O. The Morgan fingerprint density at radius 1 is 1.14 bits per heavy atom. The maximum atomic E-state index is 13.9. The number of nitrogens with zero attached hydrogens (tertiary/aromatic N) is 1. The van der Waals surface area contributed by atoms with Crippen LogP contribution in [-0.2, 0) is 6.54 Å². The van der Waals surface area contributed by atoms with Gasteiger partial charge in [0.25, 0.3) is 5.91 Å². The van der Waals surface area contributed by atoms with Gasteiger partial charge < -0.3 is 10.6 Å². The van der Waals surface area contributed by atoms with Crippen LogP contribution in [0.2, 0.25) is 0 Å². The van der Waals surface area contributed by atoms with Gasteiger partial charge in [-0.15, -0.1) is 0 Å². The van der Waals surface area contributed by atoms with Crippen LogP contribution in [0.25, 0.3) is 0 Å². The average molecular weight is 373 g/mol. The summed E-state index contributed by atoms with van der Waals surface area (Å²) in [5.74, 6) is 1.70. The highest BCUT2D eigenvalue weighted by molar-refractivity contribution is 5.99. The number of amides is 1. The summed E-state index contributed by atoms with van der Waals surface area (Å²) in [5, 5.41) is 15.9. The van der Waals surface area contributed by atoms with Crippen LogP contribution < -0.4 is 10.6 Å². The highest BCUT2D eigenvalue weighted by Gasteiger charge is 2.54. The van der Waals surface area contributed by atoms with Gasteiger partial charge in [-0.1, -0.05) is 6.07 Å². The number of carbonyl (C=O) groups excluding carboxylic acids is 1. The molecular weight excluding hydrogens is 353 g/mol. The quantitative estimate of drug-likeness (QED) is 0.786. The first-order valence-electron chi connectivity index (χ1n) is 10.0. The lowest BCUT2D eigenvalue weighted by atomic mass is 9.67. The second-order valence-corrected chi connectivity index (χ2v) is 8.69. The number of carbonyl (C=O) groups is 1. The lowest BCUT2D eigenvalue weighted by molar-refractivity contribution is 0.0965. The van der Waals surface area contributed by atoms with Crippen LogP contribution in [0.1, 0.15) is 63.8 Å². The molecule has 0 radical (unpaired) electrons. The monoisotopic (exact) mass is 373 g/mol. The first-order valence-corrected chi connectivity index (χ1v) is 10.0. The Labute approximate surface area is 162 Å². The van der Waals surface area contributed by atoms with Gasteiger partial charge in [0, 0.05) is 17.8 Å². The Morgan fingerprint density at radius 3 is 2.86 bits per heavy atom. The number of hydrogen-bond donors (Lipinski definition) is 2. The molecule has 0 spiro atoms. The van der Waals surface area contributed by atoms with Crippen LogP contribution >= 0.6 is 0 Å². The van der Waals surface area contributed by atoms with Crippen molar-refractivity contribution in [1.82, 2.24) is 5.32 Å². The summed E-state index contributed by atoms with van der Waals surface area (Å²) in [5.41, 5.74) is 5.31. The lowest BCUT2D eigenvalue weighted by Gasteiger charge is -2.43. The predicted octanol–water partition coefficient (Wildman–Crippen LogP) is 4.24. The third-order valence-corrected chi connectivity index (χ3v) is 7.47. The van der Waals surface area contributed by atoms with Gasteiger partial charge in [0.05, 0.1) is 11.6 Å². The summed E-state index contributed by atoms with van der Waals surface area (Å²) >= 11 is 0. The molecule has 2 unspecified atom stereocenters. The van der Waals surface area contributed by atoms with Crippen LogP contribution in [0, 0.1) is 34.9 Å². The van der Waals surface area contributed by atoms with Crippen molar-refractivity contribution in [3.8, 4) is 6.07 Å². The third kappa shape index (κ3) is 2.06. The van der Waals surface area contributed by atoms with E-state index in [1.54, 1.807) is 6.07 Å². The average Bonchev–Trinajstić information content (AvgIpc) is 3.42. The third-order valence-electron chi connectivity index (χ3n) is 7.47. The number of nitriles is 1. The number of rotatable bonds is 1. The molecule has 2 bridgehead atoms.